The van der Waals surface area contributed by atoms with Crippen LogP contribution in [0.25, 0.3) is 0 Å². The van der Waals surface area contributed by atoms with E-state index in [9.17, 15) is 4.79 Å². The van der Waals surface area contributed by atoms with Crippen LogP contribution in [-0.4, -0.2) is 25.3 Å². The molecule has 0 amide bonds. The first-order valence-electron chi connectivity index (χ1n) is 5.56. The SMILES string of the molecule is COCc1cc(OC)c(Br)cc1CC(C)C(=O)O. The van der Waals surface area contributed by atoms with E-state index in [1.807, 2.05) is 12.1 Å². The highest BCUT2D eigenvalue weighted by Crippen LogP contribution is 2.30. The lowest BCUT2D eigenvalue weighted by Crippen LogP contribution is -2.13. The van der Waals surface area contributed by atoms with Crippen molar-refractivity contribution < 1.29 is 19.4 Å². The van der Waals surface area contributed by atoms with Crippen molar-refractivity contribution in [3.05, 3.63) is 27.7 Å². The fourth-order valence-electron chi connectivity index (χ4n) is 1.69. The molecule has 0 bridgehead atoms. The molecule has 1 unspecified atom stereocenters. The van der Waals surface area contributed by atoms with Gasteiger partial charge in [-0.25, -0.2) is 0 Å². The van der Waals surface area contributed by atoms with Crippen LogP contribution in [0.3, 0.4) is 0 Å². The molecule has 4 nitrogen and oxygen atoms in total. The Bertz CT molecular complexity index is 431. The van der Waals surface area contributed by atoms with E-state index in [1.54, 1.807) is 21.1 Å². The Hall–Kier alpha value is -1.07. The van der Waals surface area contributed by atoms with Crippen LogP contribution in [0.4, 0.5) is 0 Å². The zero-order valence-corrected chi connectivity index (χ0v) is 12.3. The van der Waals surface area contributed by atoms with Crippen LogP contribution in [-0.2, 0) is 22.6 Å². The molecule has 0 fully saturated rings. The second kappa shape index (κ2) is 6.75. The van der Waals surface area contributed by atoms with E-state index in [0.29, 0.717) is 18.8 Å². The van der Waals surface area contributed by atoms with E-state index in [0.717, 1.165) is 15.6 Å². The van der Waals surface area contributed by atoms with Crippen molar-refractivity contribution in [2.75, 3.05) is 14.2 Å². The van der Waals surface area contributed by atoms with Gasteiger partial charge in [-0.2, -0.15) is 0 Å². The summed E-state index contributed by atoms with van der Waals surface area (Å²) in [5.41, 5.74) is 1.91. The number of methoxy groups -OCH3 is 2. The molecule has 0 saturated carbocycles. The monoisotopic (exact) mass is 316 g/mol. The smallest absolute Gasteiger partial charge is 0.306 e. The Morgan fingerprint density at radius 2 is 2.06 bits per heavy atom. The highest BCUT2D eigenvalue weighted by Gasteiger charge is 2.16. The summed E-state index contributed by atoms with van der Waals surface area (Å²) in [5, 5.41) is 8.97. The summed E-state index contributed by atoms with van der Waals surface area (Å²) in [6.45, 7) is 2.13. The first kappa shape index (κ1) is 15.0. The van der Waals surface area contributed by atoms with Crippen LogP contribution in [0.15, 0.2) is 16.6 Å². The van der Waals surface area contributed by atoms with Gasteiger partial charge in [-0.3, -0.25) is 4.79 Å². The zero-order valence-electron chi connectivity index (χ0n) is 10.7. The topological polar surface area (TPSA) is 55.8 Å². The summed E-state index contributed by atoms with van der Waals surface area (Å²) in [4.78, 5) is 10.9. The summed E-state index contributed by atoms with van der Waals surface area (Å²) < 4.78 is 11.2. The summed E-state index contributed by atoms with van der Waals surface area (Å²) >= 11 is 3.41. The normalized spacial score (nSPS) is 12.2. The highest BCUT2D eigenvalue weighted by molar-refractivity contribution is 9.10. The molecule has 1 rings (SSSR count). The number of carboxylic acids is 1. The summed E-state index contributed by atoms with van der Waals surface area (Å²) in [5.74, 6) is -0.514. The average molecular weight is 317 g/mol. The minimum Gasteiger partial charge on any atom is -0.496 e. The third-order valence-electron chi connectivity index (χ3n) is 2.72. The minimum atomic E-state index is -0.801. The first-order valence-corrected chi connectivity index (χ1v) is 6.36. The summed E-state index contributed by atoms with van der Waals surface area (Å²) in [6, 6.07) is 3.77. The third-order valence-corrected chi connectivity index (χ3v) is 3.34. The molecule has 0 aromatic heterocycles. The van der Waals surface area contributed by atoms with E-state index in [2.05, 4.69) is 15.9 Å². The van der Waals surface area contributed by atoms with Crippen LogP contribution in [0.1, 0.15) is 18.1 Å². The number of halogens is 1. The van der Waals surface area contributed by atoms with Gasteiger partial charge in [-0.15, -0.1) is 0 Å². The maximum atomic E-state index is 10.9. The number of aliphatic carboxylic acids is 1. The summed E-state index contributed by atoms with van der Waals surface area (Å²) in [7, 11) is 3.20. The number of rotatable bonds is 6. The van der Waals surface area contributed by atoms with Crippen LogP contribution in [0.2, 0.25) is 0 Å². The molecule has 1 aromatic rings. The van der Waals surface area contributed by atoms with E-state index in [4.69, 9.17) is 14.6 Å². The second-order valence-electron chi connectivity index (χ2n) is 4.13. The largest absolute Gasteiger partial charge is 0.496 e. The lowest BCUT2D eigenvalue weighted by molar-refractivity contribution is -0.141. The minimum absolute atomic E-state index is 0.430. The van der Waals surface area contributed by atoms with Crippen molar-refractivity contribution >= 4 is 21.9 Å². The van der Waals surface area contributed by atoms with Gasteiger partial charge in [0.25, 0.3) is 0 Å². The third kappa shape index (κ3) is 3.71. The van der Waals surface area contributed by atoms with Crippen molar-refractivity contribution in [3.8, 4) is 5.75 Å². The van der Waals surface area contributed by atoms with E-state index in [-0.39, 0.29) is 0 Å². The van der Waals surface area contributed by atoms with Crippen molar-refractivity contribution in [1.82, 2.24) is 0 Å². The lowest BCUT2D eigenvalue weighted by atomic mass is 9.97. The molecule has 0 radical (unpaired) electrons. The number of hydrogen-bond acceptors (Lipinski definition) is 3. The zero-order chi connectivity index (χ0) is 13.7. The van der Waals surface area contributed by atoms with Gasteiger partial charge in [0.15, 0.2) is 0 Å². The van der Waals surface area contributed by atoms with Gasteiger partial charge in [0.2, 0.25) is 0 Å². The number of ether oxygens (including phenoxy) is 2. The molecule has 0 saturated heterocycles. The molecular weight excluding hydrogens is 300 g/mol. The van der Waals surface area contributed by atoms with Gasteiger partial charge in [0.05, 0.1) is 24.1 Å². The molecule has 5 heteroatoms. The summed E-state index contributed by atoms with van der Waals surface area (Å²) in [6.07, 6.45) is 0.469. The molecule has 0 spiro atoms. The van der Waals surface area contributed by atoms with Gasteiger partial charge in [0.1, 0.15) is 5.75 Å². The predicted octanol–water partition coefficient (Wildman–Crippen LogP) is 2.87. The highest BCUT2D eigenvalue weighted by atomic mass is 79.9. The van der Waals surface area contributed by atoms with E-state index in [1.165, 1.54) is 0 Å². The number of benzene rings is 1. The Labute approximate surface area is 115 Å². The quantitative estimate of drug-likeness (QED) is 0.876. The second-order valence-corrected chi connectivity index (χ2v) is 4.99. The van der Waals surface area contributed by atoms with Crippen molar-refractivity contribution in [3.63, 3.8) is 0 Å². The molecular formula is C13H17BrO4. The van der Waals surface area contributed by atoms with Gasteiger partial charge in [-0.05, 0) is 45.6 Å². The maximum absolute atomic E-state index is 10.9. The molecule has 1 atom stereocenters. The standard InChI is InChI=1S/C13H17BrO4/c1-8(13(15)16)4-9-5-11(14)12(18-3)6-10(9)7-17-2/h5-6,8H,4,7H2,1-3H3,(H,15,16). The Kier molecular flexibility index (Phi) is 5.62. The van der Waals surface area contributed by atoms with Crippen molar-refractivity contribution in [2.24, 2.45) is 5.92 Å². The van der Waals surface area contributed by atoms with Gasteiger partial charge >= 0.3 is 5.97 Å². The van der Waals surface area contributed by atoms with Gasteiger partial charge in [0, 0.05) is 7.11 Å². The number of carbonyl (C=O) groups is 1. The fraction of sp³-hybridized carbons (Fsp3) is 0.462. The molecule has 0 aliphatic heterocycles. The molecule has 1 aromatic carbocycles. The van der Waals surface area contributed by atoms with E-state index >= 15 is 0 Å². The molecule has 100 valence electrons. The Morgan fingerprint density at radius 3 is 2.56 bits per heavy atom. The lowest BCUT2D eigenvalue weighted by Gasteiger charge is -2.14. The first-order chi connectivity index (χ1) is 8.49. The molecule has 0 aliphatic rings. The van der Waals surface area contributed by atoms with Crippen molar-refractivity contribution in [2.45, 2.75) is 20.0 Å². The molecule has 0 aliphatic carbocycles. The van der Waals surface area contributed by atoms with Crippen LogP contribution in [0.5, 0.6) is 5.75 Å². The van der Waals surface area contributed by atoms with Crippen LogP contribution >= 0.6 is 15.9 Å². The van der Waals surface area contributed by atoms with Crippen LogP contribution < -0.4 is 4.74 Å². The van der Waals surface area contributed by atoms with Gasteiger partial charge in [-0.1, -0.05) is 6.92 Å². The molecule has 1 N–H and O–H groups in total. The number of hydrogen-bond donors (Lipinski definition) is 1. The molecule has 18 heavy (non-hydrogen) atoms. The van der Waals surface area contributed by atoms with Gasteiger partial charge < -0.3 is 14.6 Å². The maximum Gasteiger partial charge on any atom is 0.306 e. The van der Waals surface area contributed by atoms with E-state index < -0.39 is 11.9 Å². The fourth-order valence-corrected chi connectivity index (χ4v) is 2.24. The van der Waals surface area contributed by atoms with Crippen molar-refractivity contribution in [1.29, 1.82) is 0 Å². The van der Waals surface area contributed by atoms with Crippen LogP contribution in [0, 0.1) is 5.92 Å². The Balaban J connectivity index is 3.08. The molecule has 0 heterocycles. The Morgan fingerprint density at radius 1 is 1.39 bits per heavy atom. The average Bonchev–Trinajstić information content (AvgIpc) is 2.32. The number of carboxylic acid groups (broad SMARTS) is 1. The predicted molar refractivity (Wildman–Crippen MR) is 71.9 cm³/mol.